The van der Waals surface area contributed by atoms with Crippen molar-refractivity contribution in [3.63, 3.8) is 0 Å². The highest BCUT2D eigenvalue weighted by Crippen LogP contribution is 2.37. The van der Waals surface area contributed by atoms with Crippen molar-refractivity contribution in [2.24, 2.45) is 5.92 Å². The minimum atomic E-state index is -4.29. The lowest BCUT2D eigenvalue weighted by molar-refractivity contribution is -0.176. The molecule has 5 heterocycles. The SMILES string of the molecule is CS(=O)(=O)N1CCC(Nc2nc3cnc(-c4cn[nH]c4)c(N4CCCC(C(F)(F)F)C4)n3n2)CC1. The van der Waals surface area contributed by atoms with Gasteiger partial charge in [-0.05, 0) is 25.7 Å². The number of alkyl halides is 3. The van der Waals surface area contributed by atoms with Gasteiger partial charge in [-0.1, -0.05) is 0 Å². The number of fused-ring (bicyclic) bond motifs is 1. The Hall–Kier alpha value is -2.94. The zero-order chi connectivity index (χ0) is 24.8. The molecule has 11 nitrogen and oxygen atoms in total. The van der Waals surface area contributed by atoms with E-state index in [1.54, 1.807) is 17.3 Å². The molecule has 5 rings (SSSR count). The largest absolute Gasteiger partial charge is 0.393 e. The molecule has 2 N–H and O–H groups in total. The van der Waals surface area contributed by atoms with Gasteiger partial charge < -0.3 is 10.2 Å². The third-order valence-electron chi connectivity index (χ3n) is 6.57. The number of hydrogen-bond donors (Lipinski definition) is 2. The Morgan fingerprint density at radius 1 is 1.14 bits per heavy atom. The third-order valence-corrected chi connectivity index (χ3v) is 7.87. The zero-order valence-electron chi connectivity index (χ0n) is 19.0. The highest BCUT2D eigenvalue weighted by Gasteiger charge is 2.42. The van der Waals surface area contributed by atoms with Crippen LogP contribution in [-0.2, 0) is 10.0 Å². The summed E-state index contributed by atoms with van der Waals surface area (Å²) in [6.45, 7) is 1.04. The number of rotatable bonds is 5. The van der Waals surface area contributed by atoms with Crippen LogP contribution in [0.5, 0.6) is 0 Å². The van der Waals surface area contributed by atoms with Crippen LogP contribution in [-0.4, -0.2) is 87.2 Å². The molecule has 3 aromatic heterocycles. The second-order valence-electron chi connectivity index (χ2n) is 9.03. The molecule has 0 bridgehead atoms. The summed E-state index contributed by atoms with van der Waals surface area (Å²) >= 11 is 0. The lowest BCUT2D eigenvalue weighted by atomic mass is 9.97. The maximum Gasteiger partial charge on any atom is 0.393 e. The van der Waals surface area contributed by atoms with Gasteiger partial charge in [0.15, 0.2) is 11.5 Å². The van der Waals surface area contributed by atoms with Gasteiger partial charge >= 0.3 is 6.18 Å². The number of nitrogens with one attached hydrogen (secondary N) is 2. The molecule has 2 aliphatic heterocycles. The van der Waals surface area contributed by atoms with E-state index in [9.17, 15) is 21.6 Å². The van der Waals surface area contributed by atoms with Crippen molar-refractivity contribution in [2.75, 3.05) is 42.7 Å². The molecule has 35 heavy (non-hydrogen) atoms. The molecule has 0 spiro atoms. The summed E-state index contributed by atoms with van der Waals surface area (Å²) in [6, 6.07) is -0.0280. The molecule has 0 saturated carbocycles. The molecular weight excluding hydrogens is 487 g/mol. The monoisotopic (exact) mass is 513 g/mol. The fourth-order valence-electron chi connectivity index (χ4n) is 4.72. The number of halogens is 3. The van der Waals surface area contributed by atoms with E-state index in [2.05, 4.69) is 30.6 Å². The Morgan fingerprint density at radius 2 is 1.91 bits per heavy atom. The molecule has 1 atom stereocenters. The number of piperidine rings is 2. The van der Waals surface area contributed by atoms with Gasteiger partial charge in [0.2, 0.25) is 16.0 Å². The zero-order valence-corrected chi connectivity index (χ0v) is 19.8. The van der Waals surface area contributed by atoms with Crippen LogP contribution in [0.15, 0.2) is 18.6 Å². The Balaban J connectivity index is 1.46. The summed E-state index contributed by atoms with van der Waals surface area (Å²) < 4.78 is 67.1. The predicted molar refractivity (Wildman–Crippen MR) is 122 cm³/mol. The average molecular weight is 514 g/mol. The van der Waals surface area contributed by atoms with Crippen LogP contribution in [0.2, 0.25) is 0 Å². The van der Waals surface area contributed by atoms with Crippen LogP contribution in [0, 0.1) is 5.92 Å². The van der Waals surface area contributed by atoms with Crippen LogP contribution < -0.4 is 10.2 Å². The number of sulfonamides is 1. The first-order chi connectivity index (χ1) is 16.6. The van der Waals surface area contributed by atoms with Gasteiger partial charge in [0.05, 0.1) is 24.6 Å². The van der Waals surface area contributed by atoms with E-state index < -0.39 is 22.1 Å². The van der Waals surface area contributed by atoms with Crippen molar-refractivity contribution in [1.29, 1.82) is 0 Å². The molecule has 0 aromatic carbocycles. The Morgan fingerprint density at radius 3 is 2.57 bits per heavy atom. The van der Waals surface area contributed by atoms with Crippen molar-refractivity contribution in [3.05, 3.63) is 18.6 Å². The molecule has 190 valence electrons. The average Bonchev–Trinajstić information content (AvgIpc) is 3.47. The van der Waals surface area contributed by atoms with Crippen LogP contribution in [0.25, 0.3) is 16.9 Å². The number of aromatic nitrogens is 6. The molecule has 0 amide bonds. The summed E-state index contributed by atoms with van der Waals surface area (Å²) in [4.78, 5) is 10.7. The predicted octanol–water partition coefficient (Wildman–Crippen LogP) is 2.13. The summed E-state index contributed by atoms with van der Waals surface area (Å²) in [6.07, 6.45) is 3.29. The van der Waals surface area contributed by atoms with Gasteiger partial charge in [-0.3, -0.25) is 5.10 Å². The van der Waals surface area contributed by atoms with Gasteiger partial charge in [0, 0.05) is 44.0 Å². The lowest BCUT2D eigenvalue weighted by Crippen LogP contribution is -2.42. The first-order valence-corrected chi connectivity index (χ1v) is 13.2. The van der Waals surface area contributed by atoms with Crippen LogP contribution in [0.4, 0.5) is 24.9 Å². The Kier molecular flexibility index (Phi) is 6.07. The van der Waals surface area contributed by atoms with E-state index in [0.29, 0.717) is 67.6 Å². The van der Waals surface area contributed by atoms with Crippen LogP contribution in [0.1, 0.15) is 25.7 Å². The van der Waals surface area contributed by atoms with Crippen LogP contribution in [0.3, 0.4) is 0 Å². The number of H-pyrrole nitrogens is 1. The normalized spacial score (nSPS) is 21.0. The number of anilines is 2. The van der Waals surface area contributed by atoms with Crippen molar-refractivity contribution >= 4 is 27.4 Å². The van der Waals surface area contributed by atoms with Gasteiger partial charge in [0.25, 0.3) is 0 Å². The fourth-order valence-corrected chi connectivity index (χ4v) is 5.60. The molecule has 3 aromatic rings. The standard InChI is InChI=1S/C20H26F3N9O2S/c1-35(33,34)31-7-4-15(5-8-31)27-19-28-16-11-24-17(13-9-25-26-10-13)18(32(16)29-19)30-6-2-3-14(12-30)20(21,22)23/h9-11,14-15H,2-8,12H2,1H3,(H,25,26)(H,27,29). The fraction of sp³-hybridized carbons (Fsp3) is 0.600. The summed E-state index contributed by atoms with van der Waals surface area (Å²) in [5.41, 5.74) is 1.50. The molecule has 1 unspecified atom stereocenters. The maximum atomic E-state index is 13.5. The number of hydrogen-bond acceptors (Lipinski definition) is 8. The molecule has 2 saturated heterocycles. The maximum absolute atomic E-state index is 13.5. The second-order valence-corrected chi connectivity index (χ2v) is 11.0. The minimum Gasteiger partial charge on any atom is -0.354 e. The highest BCUT2D eigenvalue weighted by atomic mass is 32.2. The first kappa shape index (κ1) is 23.8. The van der Waals surface area contributed by atoms with E-state index in [0.717, 1.165) is 0 Å². The van der Waals surface area contributed by atoms with E-state index in [1.165, 1.54) is 21.3 Å². The van der Waals surface area contributed by atoms with Gasteiger partial charge in [-0.2, -0.15) is 27.8 Å². The minimum absolute atomic E-state index is 0.0280. The van der Waals surface area contributed by atoms with Crippen LogP contribution >= 0.6 is 0 Å². The quantitative estimate of drug-likeness (QED) is 0.532. The van der Waals surface area contributed by atoms with E-state index in [4.69, 9.17) is 0 Å². The van der Waals surface area contributed by atoms with Crippen molar-refractivity contribution < 1.29 is 21.6 Å². The molecule has 15 heteroatoms. The first-order valence-electron chi connectivity index (χ1n) is 11.4. The number of aromatic amines is 1. The molecule has 2 aliphatic rings. The summed E-state index contributed by atoms with van der Waals surface area (Å²) in [5, 5.41) is 14.5. The highest BCUT2D eigenvalue weighted by molar-refractivity contribution is 7.88. The lowest BCUT2D eigenvalue weighted by Gasteiger charge is -2.35. The van der Waals surface area contributed by atoms with Crippen molar-refractivity contribution in [2.45, 2.75) is 37.9 Å². The number of nitrogens with zero attached hydrogens (tertiary/aromatic N) is 7. The van der Waals surface area contributed by atoms with Crippen molar-refractivity contribution in [1.82, 2.24) is 34.1 Å². The topological polar surface area (TPSA) is 124 Å². The van der Waals surface area contributed by atoms with E-state index >= 15 is 0 Å². The molecule has 0 aliphatic carbocycles. The third kappa shape index (κ3) is 4.91. The van der Waals surface area contributed by atoms with Gasteiger partial charge in [-0.15, -0.1) is 5.10 Å². The van der Waals surface area contributed by atoms with E-state index in [1.807, 2.05) is 0 Å². The van der Waals surface area contributed by atoms with E-state index in [-0.39, 0.29) is 19.0 Å². The molecule has 0 radical (unpaired) electrons. The van der Waals surface area contributed by atoms with Gasteiger partial charge in [0.1, 0.15) is 5.69 Å². The smallest absolute Gasteiger partial charge is 0.354 e. The summed E-state index contributed by atoms with van der Waals surface area (Å²) in [7, 11) is -3.23. The summed E-state index contributed by atoms with van der Waals surface area (Å²) in [5.74, 6) is -0.685. The molecule has 2 fully saturated rings. The van der Waals surface area contributed by atoms with Gasteiger partial charge in [-0.25, -0.2) is 17.7 Å². The Bertz CT molecular complexity index is 1290. The second kappa shape index (κ2) is 8.93. The van der Waals surface area contributed by atoms with Crippen molar-refractivity contribution in [3.8, 4) is 11.3 Å². The Labute approximate surface area is 199 Å². The molecular formula is C20H26F3N9O2S.